The Labute approximate surface area is 126 Å². The molecule has 2 fully saturated rings. The van der Waals surface area contributed by atoms with E-state index < -0.39 is 0 Å². The van der Waals surface area contributed by atoms with Crippen molar-refractivity contribution in [2.45, 2.75) is 38.6 Å². The number of aryl methyl sites for hydroxylation is 2. The zero-order chi connectivity index (χ0) is 14.6. The fraction of sp³-hybridized carbons (Fsp3) is 0.647. The van der Waals surface area contributed by atoms with Gasteiger partial charge in [0, 0.05) is 30.9 Å². The molecular formula is C17H22N4. The largest absolute Gasteiger partial charge is 0.350 e. The first-order valence-corrected chi connectivity index (χ1v) is 8.02. The molecule has 2 aliphatic heterocycles. The summed E-state index contributed by atoms with van der Waals surface area (Å²) >= 11 is 0. The van der Waals surface area contributed by atoms with Crippen molar-refractivity contribution in [2.75, 3.05) is 24.5 Å². The van der Waals surface area contributed by atoms with Gasteiger partial charge in [-0.1, -0.05) is 0 Å². The summed E-state index contributed by atoms with van der Waals surface area (Å²) in [6.45, 7) is 7.81. The number of pyridine rings is 1. The van der Waals surface area contributed by atoms with Crippen molar-refractivity contribution in [3.63, 3.8) is 0 Å². The summed E-state index contributed by atoms with van der Waals surface area (Å²) in [5, 5.41) is 13.1. The molecular weight excluding hydrogens is 260 g/mol. The van der Waals surface area contributed by atoms with Crippen LogP contribution in [0.4, 0.5) is 5.82 Å². The zero-order valence-electron chi connectivity index (χ0n) is 12.8. The summed E-state index contributed by atoms with van der Waals surface area (Å²) in [7, 11) is 0. The third kappa shape index (κ3) is 1.80. The van der Waals surface area contributed by atoms with Crippen LogP contribution in [-0.2, 0) is 12.8 Å². The van der Waals surface area contributed by atoms with Gasteiger partial charge in [0.1, 0.15) is 11.9 Å². The summed E-state index contributed by atoms with van der Waals surface area (Å²) in [6.07, 6.45) is 3.32. The van der Waals surface area contributed by atoms with Gasteiger partial charge in [0.25, 0.3) is 0 Å². The predicted molar refractivity (Wildman–Crippen MR) is 82.3 cm³/mol. The van der Waals surface area contributed by atoms with Crippen LogP contribution in [0.3, 0.4) is 0 Å². The zero-order valence-corrected chi connectivity index (χ0v) is 12.8. The standard InChI is InChI=1S/C17H22N4/c1-17(2)14-9-19-8-13(14)10-21(17)16-12(7-18)6-11-4-3-5-15(11)20-16/h6,13-14,19H,3-5,8-10H2,1-2H3. The minimum atomic E-state index is 0.0691. The molecule has 1 aromatic rings. The number of aromatic nitrogens is 1. The van der Waals surface area contributed by atoms with E-state index in [1.807, 2.05) is 0 Å². The number of nitrogens with zero attached hydrogens (tertiary/aromatic N) is 3. The highest BCUT2D eigenvalue weighted by molar-refractivity contribution is 5.59. The number of nitriles is 1. The van der Waals surface area contributed by atoms with E-state index in [-0.39, 0.29) is 5.54 Å². The first-order chi connectivity index (χ1) is 10.1. The third-order valence-electron chi connectivity index (χ3n) is 5.77. The fourth-order valence-corrected chi connectivity index (χ4v) is 4.53. The first kappa shape index (κ1) is 13.1. The molecule has 4 heteroatoms. The molecule has 0 radical (unpaired) electrons. The SMILES string of the molecule is CC1(C)C2CNCC2CN1c1nc2c(cc1C#N)CCC2. The maximum atomic E-state index is 9.55. The van der Waals surface area contributed by atoms with E-state index in [2.05, 4.69) is 36.2 Å². The Hall–Kier alpha value is -1.60. The molecule has 4 nitrogen and oxygen atoms in total. The topological polar surface area (TPSA) is 52.0 Å². The number of fused-ring (bicyclic) bond motifs is 2. The number of hydrogen-bond donors (Lipinski definition) is 1. The minimum Gasteiger partial charge on any atom is -0.350 e. The Morgan fingerprint density at radius 2 is 2.24 bits per heavy atom. The lowest BCUT2D eigenvalue weighted by atomic mass is 9.85. The van der Waals surface area contributed by atoms with Gasteiger partial charge in [-0.15, -0.1) is 0 Å². The van der Waals surface area contributed by atoms with E-state index in [4.69, 9.17) is 4.98 Å². The van der Waals surface area contributed by atoms with E-state index in [0.717, 1.165) is 43.9 Å². The van der Waals surface area contributed by atoms with Crippen molar-refractivity contribution >= 4 is 5.82 Å². The second-order valence-electron chi connectivity index (χ2n) is 7.22. The molecule has 0 spiro atoms. The van der Waals surface area contributed by atoms with Gasteiger partial charge in [-0.2, -0.15) is 5.26 Å². The Morgan fingerprint density at radius 1 is 1.38 bits per heavy atom. The summed E-state index contributed by atoms with van der Waals surface area (Å²) in [5.41, 5.74) is 3.33. The predicted octanol–water partition coefficient (Wildman–Crippen LogP) is 1.88. The number of anilines is 1. The quantitative estimate of drug-likeness (QED) is 0.854. The van der Waals surface area contributed by atoms with E-state index in [1.165, 1.54) is 17.7 Å². The molecule has 2 saturated heterocycles. The molecule has 1 aliphatic carbocycles. The van der Waals surface area contributed by atoms with Crippen LogP contribution >= 0.6 is 0 Å². The Morgan fingerprint density at radius 3 is 3.00 bits per heavy atom. The fourth-order valence-electron chi connectivity index (χ4n) is 4.53. The highest BCUT2D eigenvalue weighted by Gasteiger charge is 2.50. The van der Waals surface area contributed by atoms with Crippen molar-refractivity contribution in [1.29, 1.82) is 5.26 Å². The summed E-state index contributed by atoms with van der Waals surface area (Å²) < 4.78 is 0. The average Bonchev–Trinajstić information content (AvgIpc) is 3.14. The monoisotopic (exact) mass is 282 g/mol. The van der Waals surface area contributed by atoms with E-state index in [0.29, 0.717) is 11.8 Å². The van der Waals surface area contributed by atoms with Crippen molar-refractivity contribution < 1.29 is 0 Å². The Kier molecular flexibility index (Phi) is 2.77. The molecule has 3 heterocycles. The lowest BCUT2D eigenvalue weighted by Gasteiger charge is -2.37. The third-order valence-corrected chi connectivity index (χ3v) is 5.77. The Balaban J connectivity index is 1.79. The van der Waals surface area contributed by atoms with Crippen molar-refractivity contribution in [1.82, 2.24) is 10.3 Å². The molecule has 2 unspecified atom stereocenters. The van der Waals surface area contributed by atoms with Gasteiger partial charge in [0.15, 0.2) is 0 Å². The van der Waals surface area contributed by atoms with Gasteiger partial charge in [-0.3, -0.25) is 0 Å². The molecule has 0 aromatic carbocycles. The van der Waals surface area contributed by atoms with Crippen molar-refractivity contribution in [3.05, 3.63) is 22.9 Å². The highest BCUT2D eigenvalue weighted by atomic mass is 15.3. The summed E-state index contributed by atoms with van der Waals surface area (Å²) in [4.78, 5) is 7.32. The maximum Gasteiger partial charge on any atom is 0.147 e. The molecule has 21 heavy (non-hydrogen) atoms. The first-order valence-electron chi connectivity index (χ1n) is 8.02. The van der Waals surface area contributed by atoms with Crippen LogP contribution in [0.2, 0.25) is 0 Å². The lowest BCUT2D eigenvalue weighted by Crippen LogP contribution is -2.45. The van der Waals surface area contributed by atoms with Crippen LogP contribution in [-0.4, -0.2) is 30.2 Å². The smallest absolute Gasteiger partial charge is 0.147 e. The minimum absolute atomic E-state index is 0.0691. The van der Waals surface area contributed by atoms with Gasteiger partial charge in [0.2, 0.25) is 0 Å². The molecule has 1 N–H and O–H groups in total. The second kappa shape index (κ2) is 4.45. The maximum absolute atomic E-state index is 9.55. The van der Waals surface area contributed by atoms with Gasteiger partial charge in [-0.25, -0.2) is 4.98 Å². The van der Waals surface area contributed by atoms with Gasteiger partial charge < -0.3 is 10.2 Å². The van der Waals surface area contributed by atoms with Crippen molar-refractivity contribution in [2.24, 2.45) is 11.8 Å². The van der Waals surface area contributed by atoms with Gasteiger partial charge >= 0.3 is 0 Å². The van der Waals surface area contributed by atoms with E-state index >= 15 is 0 Å². The van der Waals surface area contributed by atoms with Crippen LogP contribution in [0.15, 0.2) is 6.07 Å². The van der Waals surface area contributed by atoms with Crippen LogP contribution in [0.25, 0.3) is 0 Å². The number of rotatable bonds is 1. The molecule has 1 aromatic heterocycles. The van der Waals surface area contributed by atoms with Crippen LogP contribution in [0, 0.1) is 23.2 Å². The molecule has 4 rings (SSSR count). The van der Waals surface area contributed by atoms with Gasteiger partial charge in [-0.05, 0) is 56.6 Å². The van der Waals surface area contributed by atoms with E-state index in [1.54, 1.807) is 0 Å². The number of hydrogen-bond acceptors (Lipinski definition) is 4. The molecule has 3 aliphatic rings. The molecule has 0 bridgehead atoms. The molecule has 0 amide bonds. The molecule has 110 valence electrons. The van der Waals surface area contributed by atoms with E-state index in [9.17, 15) is 5.26 Å². The second-order valence-corrected chi connectivity index (χ2v) is 7.22. The number of nitrogens with one attached hydrogen (secondary N) is 1. The lowest BCUT2D eigenvalue weighted by molar-refractivity contribution is 0.356. The van der Waals surface area contributed by atoms with Gasteiger partial charge in [0.05, 0.1) is 5.56 Å². The average molecular weight is 282 g/mol. The van der Waals surface area contributed by atoms with Crippen LogP contribution in [0.5, 0.6) is 0 Å². The molecule has 0 saturated carbocycles. The summed E-state index contributed by atoms with van der Waals surface area (Å²) in [5.74, 6) is 2.26. The normalized spacial score (nSPS) is 29.3. The van der Waals surface area contributed by atoms with Crippen LogP contribution < -0.4 is 10.2 Å². The highest BCUT2D eigenvalue weighted by Crippen LogP contribution is 2.44. The van der Waals surface area contributed by atoms with Crippen molar-refractivity contribution in [3.8, 4) is 6.07 Å². The summed E-state index contributed by atoms with van der Waals surface area (Å²) in [6, 6.07) is 4.48. The van der Waals surface area contributed by atoms with Crippen LogP contribution in [0.1, 0.15) is 37.1 Å². The molecule has 2 atom stereocenters. The Bertz CT molecular complexity index is 628.